The molecule has 0 saturated carbocycles. The molecule has 2 aromatic carbocycles. The van der Waals surface area contributed by atoms with Gasteiger partial charge < -0.3 is 15.3 Å². The van der Waals surface area contributed by atoms with Crippen molar-refractivity contribution in [1.82, 2.24) is 10.2 Å². The number of aliphatic hydroxyl groups is 1. The highest BCUT2D eigenvalue weighted by atomic mass is 16.3. The van der Waals surface area contributed by atoms with Crippen molar-refractivity contribution in [3.05, 3.63) is 48.0 Å². The van der Waals surface area contributed by atoms with Gasteiger partial charge in [0.25, 0.3) is 5.91 Å². The van der Waals surface area contributed by atoms with Gasteiger partial charge in [-0.3, -0.25) is 4.79 Å². The van der Waals surface area contributed by atoms with Gasteiger partial charge in [0.05, 0.1) is 12.1 Å². The molecule has 104 valence electrons. The van der Waals surface area contributed by atoms with Crippen LogP contribution in [0.4, 0.5) is 0 Å². The third kappa shape index (κ3) is 2.28. The summed E-state index contributed by atoms with van der Waals surface area (Å²) in [5.74, 6) is -0.0523. The number of fused-ring (bicyclic) bond motifs is 1. The average molecular weight is 270 g/mol. The van der Waals surface area contributed by atoms with Crippen LogP contribution < -0.4 is 5.32 Å². The smallest absolute Gasteiger partial charge is 0.254 e. The summed E-state index contributed by atoms with van der Waals surface area (Å²) in [6, 6.07) is 13.5. The first-order valence-corrected chi connectivity index (χ1v) is 6.81. The number of nitrogens with one attached hydrogen (secondary N) is 1. The zero-order valence-corrected chi connectivity index (χ0v) is 11.4. The van der Waals surface area contributed by atoms with E-state index in [2.05, 4.69) is 5.32 Å². The van der Waals surface area contributed by atoms with Gasteiger partial charge in [-0.05, 0) is 22.9 Å². The fourth-order valence-electron chi connectivity index (χ4n) is 2.72. The Morgan fingerprint density at radius 2 is 1.95 bits per heavy atom. The Bertz CT molecular complexity index is 641. The largest absolute Gasteiger partial charge is 0.390 e. The van der Waals surface area contributed by atoms with E-state index in [0.717, 1.165) is 10.8 Å². The maximum atomic E-state index is 12.5. The quantitative estimate of drug-likeness (QED) is 0.863. The van der Waals surface area contributed by atoms with Gasteiger partial charge in [-0.1, -0.05) is 30.3 Å². The van der Waals surface area contributed by atoms with E-state index < -0.39 is 6.10 Å². The molecule has 1 amide bonds. The zero-order chi connectivity index (χ0) is 14.1. The van der Waals surface area contributed by atoms with Crippen LogP contribution in [0.15, 0.2) is 42.5 Å². The number of carbonyl (C=O) groups is 1. The summed E-state index contributed by atoms with van der Waals surface area (Å²) in [6.45, 7) is 1.18. The Kier molecular flexibility index (Phi) is 3.42. The molecule has 2 aromatic rings. The highest BCUT2D eigenvalue weighted by Gasteiger charge is 2.31. The highest BCUT2D eigenvalue weighted by molar-refractivity contribution is 5.98. The number of nitrogens with zero attached hydrogens (tertiary/aromatic N) is 1. The minimum absolute atomic E-state index is 0.0523. The molecule has 0 aromatic heterocycles. The molecule has 1 heterocycles. The Labute approximate surface area is 118 Å². The van der Waals surface area contributed by atoms with E-state index in [9.17, 15) is 9.90 Å². The molecule has 1 saturated heterocycles. The Morgan fingerprint density at radius 3 is 2.65 bits per heavy atom. The number of β-amino-alcohol motifs (C(OH)–C–C–N with tert-alkyl or cyclic N) is 1. The second kappa shape index (κ2) is 5.23. The topological polar surface area (TPSA) is 52.6 Å². The fourth-order valence-corrected chi connectivity index (χ4v) is 2.72. The first kappa shape index (κ1) is 13.1. The number of aliphatic hydroxyl groups excluding tert-OH is 1. The van der Waals surface area contributed by atoms with Gasteiger partial charge in [-0.25, -0.2) is 0 Å². The van der Waals surface area contributed by atoms with Crippen LogP contribution in [0.25, 0.3) is 10.8 Å². The molecule has 1 fully saturated rings. The molecule has 4 nitrogen and oxygen atoms in total. The third-order valence-corrected chi connectivity index (χ3v) is 3.97. The third-order valence-electron chi connectivity index (χ3n) is 3.97. The number of carbonyl (C=O) groups excluding carboxylic acids is 1. The summed E-state index contributed by atoms with van der Waals surface area (Å²) in [4.78, 5) is 14.1. The van der Waals surface area contributed by atoms with Crippen LogP contribution >= 0.6 is 0 Å². The van der Waals surface area contributed by atoms with Crippen molar-refractivity contribution in [3.63, 3.8) is 0 Å². The summed E-state index contributed by atoms with van der Waals surface area (Å²) >= 11 is 0. The molecule has 1 aliphatic rings. The minimum Gasteiger partial charge on any atom is -0.390 e. The van der Waals surface area contributed by atoms with E-state index in [0.29, 0.717) is 18.7 Å². The van der Waals surface area contributed by atoms with E-state index in [1.54, 1.807) is 11.9 Å². The molecular weight excluding hydrogens is 252 g/mol. The van der Waals surface area contributed by atoms with Gasteiger partial charge in [0, 0.05) is 25.7 Å². The van der Waals surface area contributed by atoms with Crippen molar-refractivity contribution in [3.8, 4) is 0 Å². The van der Waals surface area contributed by atoms with Crippen molar-refractivity contribution < 1.29 is 9.90 Å². The molecule has 3 rings (SSSR count). The van der Waals surface area contributed by atoms with Crippen LogP contribution in [0.5, 0.6) is 0 Å². The van der Waals surface area contributed by atoms with E-state index >= 15 is 0 Å². The molecule has 0 aliphatic carbocycles. The van der Waals surface area contributed by atoms with Crippen LogP contribution in [0.2, 0.25) is 0 Å². The summed E-state index contributed by atoms with van der Waals surface area (Å²) in [5.41, 5.74) is 0.658. The van der Waals surface area contributed by atoms with Gasteiger partial charge in [-0.2, -0.15) is 0 Å². The fraction of sp³-hybridized carbons (Fsp3) is 0.312. The summed E-state index contributed by atoms with van der Waals surface area (Å²) in [7, 11) is 1.75. The number of benzene rings is 2. The predicted molar refractivity (Wildman–Crippen MR) is 78.7 cm³/mol. The van der Waals surface area contributed by atoms with Gasteiger partial charge in [0.2, 0.25) is 0 Å². The first-order valence-electron chi connectivity index (χ1n) is 6.81. The van der Waals surface area contributed by atoms with Crippen molar-refractivity contribution in [1.29, 1.82) is 0 Å². The van der Waals surface area contributed by atoms with Gasteiger partial charge in [0.1, 0.15) is 0 Å². The Morgan fingerprint density at radius 1 is 1.20 bits per heavy atom. The number of likely N-dealkylation sites (N-methyl/N-ethyl adjacent to an activating group) is 1. The summed E-state index contributed by atoms with van der Waals surface area (Å²) in [5, 5.41) is 15.1. The lowest BCUT2D eigenvalue weighted by molar-refractivity contribution is 0.0581. The lowest BCUT2D eigenvalue weighted by Gasteiger charge is -2.26. The highest BCUT2D eigenvalue weighted by Crippen LogP contribution is 2.18. The van der Waals surface area contributed by atoms with E-state index in [-0.39, 0.29) is 11.9 Å². The summed E-state index contributed by atoms with van der Waals surface area (Å²) in [6.07, 6.45) is -0.496. The maximum absolute atomic E-state index is 12.5. The van der Waals surface area contributed by atoms with Crippen molar-refractivity contribution in [2.45, 2.75) is 12.1 Å². The molecule has 2 atom stereocenters. The zero-order valence-electron chi connectivity index (χ0n) is 11.4. The lowest BCUT2D eigenvalue weighted by Crippen LogP contribution is -2.44. The summed E-state index contributed by atoms with van der Waals surface area (Å²) < 4.78 is 0. The van der Waals surface area contributed by atoms with E-state index in [1.165, 1.54) is 0 Å². The van der Waals surface area contributed by atoms with Crippen LogP contribution in [-0.2, 0) is 0 Å². The van der Waals surface area contributed by atoms with E-state index in [4.69, 9.17) is 0 Å². The second-order valence-corrected chi connectivity index (χ2v) is 5.27. The number of amides is 1. The van der Waals surface area contributed by atoms with Gasteiger partial charge >= 0.3 is 0 Å². The molecule has 20 heavy (non-hydrogen) atoms. The predicted octanol–water partition coefficient (Wildman–Crippen LogP) is 1.24. The van der Waals surface area contributed by atoms with Gasteiger partial charge in [-0.15, -0.1) is 0 Å². The molecular formula is C16H18N2O2. The van der Waals surface area contributed by atoms with E-state index in [1.807, 2.05) is 42.5 Å². The number of hydrogen-bond donors (Lipinski definition) is 2. The normalized spacial score (nSPS) is 22.1. The van der Waals surface area contributed by atoms with Crippen LogP contribution in [0, 0.1) is 0 Å². The number of hydrogen-bond acceptors (Lipinski definition) is 3. The molecule has 0 spiro atoms. The Hall–Kier alpha value is -1.91. The monoisotopic (exact) mass is 270 g/mol. The SMILES string of the molecule is CN(C(=O)c1ccc2ccccc2c1)[C@H]1CNC[C@@H]1O. The minimum atomic E-state index is -0.496. The molecule has 0 radical (unpaired) electrons. The van der Waals surface area contributed by atoms with Crippen molar-refractivity contribution in [2.24, 2.45) is 0 Å². The maximum Gasteiger partial charge on any atom is 0.254 e. The van der Waals surface area contributed by atoms with Crippen LogP contribution in [0.1, 0.15) is 10.4 Å². The van der Waals surface area contributed by atoms with Crippen molar-refractivity contribution in [2.75, 3.05) is 20.1 Å². The molecule has 1 aliphatic heterocycles. The van der Waals surface area contributed by atoms with Crippen LogP contribution in [-0.4, -0.2) is 48.2 Å². The average Bonchev–Trinajstić information content (AvgIpc) is 2.91. The molecule has 4 heteroatoms. The second-order valence-electron chi connectivity index (χ2n) is 5.27. The Balaban J connectivity index is 1.88. The van der Waals surface area contributed by atoms with Crippen LogP contribution in [0.3, 0.4) is 0 Å². The standard InChI is InChI=1S/C16H18N2O2/c1-18(14-9-17-10-15(14)19)16(20)13-7-6-11-4-2-3-5-12(11)8-13/h2-8,14-15,17,19H,9-10H2,1H3/t14-,15-/m0/s1. The molecule has 0 unspecified atom stereocenters. The number of rotatable bonds is 2. The molecule has 0 bridgehead atoms. The first-order chi connectivity index (χ1) is 9.66. The molecule has 2 N–H and O–H groups in total. The lowest BCUT2D eigenvalue weighted by atomic mass is 10.1. The van der Waals surface area contributed by atoms with Crippen molar-refractivity contribution >= 4 is 16.7 Å². The van der Waals surface area contributed by atoms with Gasteiger partial charge in [0.15, 0.2) is 0 Å².